The molecule has 4 nitrogen and oxygen atoms in total. The maximum atomic E-state index is 10.7. The van der Waals surface area contributed by atoms with Crippen LogP contribution in [0.15, 0.2) is 42.5 Å². The standard InChI is InChI=1S/C13H9N3O/c17-8-9-4-3-7-12(14-9)13-15-10-5-1-2-6-11(10)16-13/h1-8H,(H,15,16). The van der Waals surface area contributed by atoms with Gasteiger partial charge in [0.15, 0.2) is 12.1 Å². The number of aldehydes is 1. The van der Waals surface area contributed by atoms with E-state index in [0.717, 1.165) is 17.3 Å². The van der Waals surface area contributed by atoms with Gasteiger partial charge < -0.3 is 4.98 Å². The molecule has 0 spiro atoms. The number of nitrogens with one attached hydrogen (secondary N) is 1. The van der Waals surface area contributed by atoms with Crippen LogP contribution >= 0.6 is 0 Å². The zero-order valence-corrected chi connectivity index (χ0v) is 8.92. The second-order valence-corrected chi connectivity index (χ2v) is 3.67. The van der Waals surface area contributed by atoms with E-state index in [2.05, 4.69) is 15.0 Å². The molecule has 3 aromatic rings. The monoisotopic (exact) mass is 223 g/mol. The Balaban J connectivity index is 2.16. The highest BCUT2D eigenvalue weighted by atomic mass is 16.1. The molecule has 3 rings (SSSR count). The molecule has 0 aliphatic carbocycles. The minimum absolute atomic E-state index is 0.406. The van der Waals surface area contributed by atoms with Gasteiger partial charge in [-0.3, -0.25) is 4.79 Å². The van der Waals surface area contributed by atoms with Crippen molar-refractivity contribution in [2.75, 3.05) is 0 Å². The molecule has 82 valence electrons. The van der Waals surface area contributed by atoms with E-state index in [1.165, 1.54) is 0 Å². The Kier molecular flexibility index (Phi) is 2.19. The van der Waals surface area contributed by atoms with Gasteiger partial charge in [0, 0.05) is 0 Å². The fourth-order valence-corrected chi connectivity index (χ4v) is 1.72. The Labute approximate surface area is 97.3 Å². The molecular formula is C13H9N3O. The lowest BCUT2D eigenvalue weighted by molar-refractivity contribution is 0.111. The van der Waals surface area contributed by atoms with Crippen molar-refractivity contribution in [3.8, 4) is 11.5 Å². The van der Waals surface area contributed by atoms with Crippen LogP contribution in [0.4, 0.5) is 0 Å². The second kappa shape index (κ2) is 3.83. The number of aromatic amines is 1. The number of carbonyl (C=O) groups is 1. The number of rotatable bonds is 2. The first-order valence-corrected chi connectivity index (χ1v) is 5.24. The van der Waals surface area contributed by atoms with E-state index in [1.807, 2.05) is 30.3 Å². The van der Waals surface area contributed by atoms with Crippen molar-refractivity contribution in [2.24, 2.45) is 0 Å². The first-order chi connectivity index (χ1) is 8.36. The molecule has 4 heteroatoms. The van der Waals surface area contributed by atoms with Crippen molar-refractivity contribution in [1.82, 2.24) is 15.0 Å². The average molecular weight is 223 g/mol. The van der Waals surface area contributed by atoms with E-state index in [1.54, 1.807) is 12.1 Å². The Bertz CT molecular complexity index is 655. The van der Waals surface area contributed by atoms with Crippen molar-refractivity contribution in [3.05, 3.63) is 48.2 Å². The predicted octanol–water partition coefficient (Wildman–Crippen LogP) is 2.44. The van der Waals surface area contributed by atoms with Crippen LogP contribution in [-0.4, -0.2) is 21.2 Å². The van der Waals surface area contributed by atoms with Crippen LogP contribution in [0.5, 0.6) is 0 Å². The zero-order chi connectivity index (χ0) is 11.7. The Morgan fingerprint density at radius 3 is 2.71 bits per heavy atom. The van der Waals surface area contributed by atoms with Gasteiger partial charge in [-0.1, -0.05) is 18.2 Å². The molecule has 0 unspecified atom stereocenters. The van der Waals surface area contributed by atoms with Gasteiger partial charge in [0.2, 0.25) is 0 Å². The molecule has 17 heavy (non-hydrogen) atoms. The molecule has 2 aromatic heterocycles. The fraction of sp³-hybridized carbons (Fsp3) is 0. The van der Waals surface area contributed by atoms with Gasteiger partial charge in [-0.15, -0.1) is 0 Å². The summed E-state index contributed by atoms with van der Waals surface area (Å²) in [6.07, 6.45) is 0.728. The van der Waals surface area contributed by atoms with Gasteiger partial charge in [-0.2, -0.15) is 0 Å². The number of nitrogens with zero attached hydrogens (tertiary/aromatic N) is 2. The first-order valence-electron chi connectivity index (χ1n) is 5.24. The van der Waals surface area contributed by atoms with E-state index >= 15 is 0 Å². The lowest BCUT2D eigenvalue weighted by Crippen LogP contribution is -1.90. The summed E-state index contributed by atoms with van der Waals surface area (Å²) in [6.45, 7) is 0. The smallest absolute Gasteiger partial charge is 0.168 e. The summed E-state index contributed by atoms with van der Waals surface area (Å²) >= 11 is 0. The van der Waals surface area contributed by atoms with Gasteiger partial charge >= 0.3 is 0 Å². The molecule has 0 amide bonds. The quantitative estimate of drug-likeness (QED) is 0.679. The van der Waals surface area contributed by atoms with Gasteiger partial charge in [0.1, 0.15) is 11.4 Å². The number of hydrogen-bond donors (Lipinski definition) is 1. The molecular weight excluding hydrogens is 214 g/mol. The number of aromatic nitrogens is 3. The molecule has 0 saturated carbocycles. The van der Waals surface area contributed by atoms with Gasteiger partial charge in [0.25, 0.3) is 0 Å². The highest BCUT2D eigenvalue weighted by molar-refractivity contribution is 5.79. The summed E-state index contributed by atoms with van der Waals surface area (Å²) in [5.41, 5.74) is 2.93. The maximum Gasteiger partial charge on any atom is 0.168 e. The summed E-state index contributed by atoms with van der Waals surface area (Å²) in [4.78, 5) is 22.5. The second-order valence-electron chi connectivity index (χ2n) is 3.67. The zero-order valence-electron chi connectivity index (χ0n) is 8.92. The number of H-pyrrole nitrogens is 1. The van der Waals surface area contributed by atoms with Crippen LogP contribution < -0.4 is 0 Å². The summed E-state index contributed by atoms with van der Waals surface area (Å²) in [5, 5.41) is 0. The molecule has 1 aromatic carbocycles. The number of hydrogen-bond acceptors (Lipinski definition) is 3. The Morgan fingerprint density at radius 1 is 1.00 bits per heavy atom. The van der Waals surface area contributed by atoms with E-state index in [9.17, 15) is 4.79 Å². The van der Waals surface area contributed by atoms with E-state index < -0.39 is 0 Å². The van der Waals surface area contributed by atoms with E-state index in [0.29, 0.717) is 17.2 Å². The fourth-order valence-electron chi connectivity index (χ4n) is 1.72. The third-order valence-corrected chi connectivity index (χ3v) is 2.52. The normalized spacial score (nSPS) is 10.6. The minimum atomic E-state index is 0.406. The van der Waals surface area contributed by atoms with E-state index in [4.69, 9.17) is 0 Å². The molecule has 1 N–H and O–H groups in total. The predicted molar refractivity (Wildman–Crippen MR) is 64.7 cm³/mol. The highest BCUT2D eigenvalue weighted by Gasteiger charge is 2.06. The maximum absolute atomic E-state index is 10.7. The number of fused-ring (bicyclic) bond motifs is 1. The van der Waals surface area contributed by atoms with Gasteiger partial charge in [-0.05, 0) is 24.3 Å². The number of para-hydroxylation sites is 2. The molecule has 0 bridgehead atoms. The summed E-state index contributed by atoms with van der Waals surface area (Å²) in [6, 6.07) is 13.0. The SMILES string of the molecule is O=Cc1cccc(-c2nc3ccccc3[nH]2)n1. The molecule has 0 atom stereocenters. The summed E-state index contributed by atoms with van der Waals surface area (Å²) < 4.78 is 0. The lowest BCUT2D eigenvalue weighted by atomic mass is 10.3. The van der Waals surface area contributed by atoms with Crippen molar-refractivity contribution >= 4 is 17.3 Å². The van der Waals surface area contributed by atoms with E-state index in [-0.39, 0.29) is 0 Å². The van der Waals surface area contributed by atoms with Gasteiger partial charge in [0.05, 0.1) is 11.0 Å². The molecule has 0 saturated heterocycles. The average Bonchev–Trinajstić information content (AvgIpc) is 2.82. The topological polar surface area (TPSA) is 58.6 Å². The van der Waals surface area contributed by atoms with Crippen molar-refractivity contribution < 1.29 is 4.79 Å². The molecule has 2 heterocycles. The Morgan fingerprint density at radius 2 is 1.88 bits per heavy atom. The van der Waals surface area contributed by atoms with Crippen LogP contribution in [-0.2, 0) is 0 Å². The third kappa shape index (κ3) is 1.69. The molecule has 0 fully saturated rings. The number of pyridine rings is 1. The number of imidazole rings is 1. The summed E-state index contributed by atoms with van der Waals surface area (Å²) in [5.74, 6) is 0.676. The van der Waals surface area contributed by atoms with Gasteiger partial charge in [-0.25, -0.2) is 9.97 Å². The highest BCUT2D eigenvalue weighted by Crippen LogP contribution is 2.18. The van der Waals surface area contributed by atoms with Crippen LogP contribution in [0.1, 0.15) is 10.5 Å². The Hall–Kier alpha value is -2.49. The molecule has 0 aliphatic rings. The van der Waals surface area contributed by atoms with Crippen LogP contribution in [0.3, 0.4) is 0 Å². The first kappa shape index (κ1) is 9.72. The largest absolute Gasteiger partial charge is 0.337 e. The van der Waals surface area contributed by atoms with Crippen molar-refractivity contribution in [3.63, 3.8) is 0 Å². The lowest BCUT2D eigenvalue weighted by Gasteiger charge is -1.95. The number of benzene rings is 1. The molecule has 0 aliphatic heterocycles. The minimum Gasteiger partial charge on any atom is -0.337 e. The van der Waals surface area contributed by atoms with Crippen molar-refractivity contribution in [2.45, 2.75) is 0 Å². The van der Waals surface area contributed by atoms with Crippen LogP contribution in [0.2, 0.25) is 0 Å². The molecule has 0 radical (unpaired) electrons. The van der Waals surface area contributed by atoms with Crippen molar-refractivity contribution in [1.29, 1.82) is 0 Å². The number of carbonyl (C=O) groups excluding carboxylic acids is 1. The van der Waals surface area contributed by atoms with Crippen LogP contribution in [0.25, 0.3) is 22.6 Å². The summed E-state index contributed by atoms with van der Waals surface area (Å²) in [7, 11) is 0. The van der Waals surface area contributed by atoms with Crippen LogP contribution in [0, 0.1) is 0 Å². The third-order valence-electron chi connectivity index (χ3n) is 2.52.